The molecule has 7 nitrogen and oxygen atoms in total. The van der Waals surface area contributed by atoms with Crippen LogP contribution in [0, 0.1) is 0 Å². The van der Waals surface area contributed by atoms with Crippen LogP contribution in [0.4, 0.5) is 0 Å². The number of nitrogens with zero attached hydrogens (tertiary/aromatic N) is 5. The molecule has 0 aliphatic carbocycles. The predicted octanol–water partition coefficient (Wildman–Crippen LogP) is 2.01. The summed E-state index contributed by atoms with van der Waals surface area (Å²) in [6, 6.07) is 7.84. The average molecular weight is 313 g/mol. The zero-order valence-corrected chi connectivity index (χ0v) is 13.1. The molecular weight excluding hydrogens is 294 g/mol. The van der Waals surface area contributed by atoms with Crippen LogP contribution in [-0.2, 0) is 17.8 Å². The van der Waals surface area contributed by atoms with Crippen LogP contribution in [-0.4, -0.2) is 44.3 Å². The number of oxazole rings is 1. The third-order valence-electron chi connectivity index (χ3n) is 4.12. The highest BCUT2D eigenvalue weighted by Gasteiger charge is 2.26. The minimum absolute atomic E-state index is 0.0596. The molecule has 23 heavy (non-hydrogen) atoms. The topological polar surface area (TPSA) is 69.2 Å². The third kappa shape index (κ3) is 2.85. The minimum atomic E-state index is -0.0596. The fraction of sp³-hybridized carbons (Fsp3) is 0.438. The van der Waals surface area contributed by atoms with Gasteiger partial charge in [0.25, 0.3) is 0 Å². The number of ether oxygens (including phenoxy) is 1. The highest BCUT2D eigenvalue weighted by Crippen LogP contribution is 2.22. The Morgan fingerprint density at radius 1 is 1.30 bits per heavy atom. The van der Waals surface area contributed by atoms with E-state index in [4.69, 9.17) is 9.15 Å². The summed E-state index contributed by atoms with van der Waals surface area (Å²) >= 11 is 0. The van der Waals surface area contributed by atoms with E-state index < -0.39 is 0 Å². The molecule has 7 heteroatoms. The van der Waals surface area contributed by atoms with Crippen molar-refractivity contribution in [1.82, 2.24) is 24.6 Å². The summed E-state index contributed by atoms with van der Waals surface area (Å²) in [6.45, 7) is 5.88. The number of aryl methyl sites for hydroxylation is 1. The second-order valence-corrected chi connectivity index (χ2v) is 5.65. The molecule has 1 atom stereocenters. The Morgan fingerprint density at radius 2 is 2.22 bits per heavy atom. The van der Waals surface area contributed by atoms with Gasteiger partial charge in [0.1, 0.15) is 17.9 Å². The predicted molar refractivity (Wildman–Crippen MR) is 83.7 cm³/mol. The maximum Gasteiger partial charge on any atom is 0.209 e. The number of fused-ring (bicyclic) bond motifs is 1. The van der Waals surface area contributed by atoms with E-state index in [2.05, 4.69) is 27.0 Å². The summed E-state index contributed by atoms with van der Waals surface area (Å²) in [4.78, 5) is 6.83. The molecule has 1 aromatic carbocycles. The molecule has 1 aliphatic heterocycles. The molecule has 0 amide bonds. The number of hydrogen-bond donors (Lipinski definition) is 0. The van der Waals surface area contributed by atoms with Gasteiger partial charge in [0, 0.05) is 19.6 Å². The van der Waals surface area contributed by atoms with E-state index in [9.17, 15) is 0 Å². The van der Waals surface area contributed by atoms with Gasteiger partial charge in [0.05, 0.1) is 13.2 Å². The van der Waals surface area contributed by atoms with Crippen molar-refractivity contribution in [3.63, 3.8) is 0 Å². The van der Waals surface area contributed by atoms with Crippen molar-refractivity contribution >= 4 is 11.1 Å². The molecule has 0 spiro atoms. The van der Waals surface area contributed by atoms with Gasteiger partial charge in [0.15, 0.2) is 11.4 Å². The van der Waals surface area contributed by atoms with Crippen molar-refractivity contribution in [3.05, 3.63) is 42.3 Å². The Balaban J connectivity index is 1.49. The molecule has 2 aromatic heterocycles. The average Bonchev–Trinajstić information content (AvgIpc) is 3.20. The Hall–Kier alpha value is -2.25. The molecule has 1 saturated heterocycles. The lowest BCUT2D eigenvalue weighted by atomic mass is 10.2. The molecule has 1 aliphatic rings. The number of hydrogen-bond acceptors (Lipinski definition) is 6. The second kappa shape index (κ2) is 6.10. The van der Waals surface area contributed by atoms with E-state index in [1.165, 1.54) is 0 Å². The molecule has 1 fully saturated rings. The van der Waals surface area contributed by atoms with Gasteiger partial charge < -0.3 is 13.7 Å². The van der Waals surface area contributed by atoms with Gasteiger partial charge in [-0.1, -0.05) is 12.1 Å². The summed E-state index contributed by atoms with van der Waals surface area (Å²) in [7, 11) is 0. The summed E-state index contributed by atoms with van der Waals surface area (Å²) in [5.41, 5.74) is 1.73. The molecule has 0 bridgehead atoms. The van der Waals surface area contributed by atoms with E-state index in [0.29, 0.717) is 13.2 Å². The highest BCUT2D eigenvalue weighted by molar-refractivity contribution is 5.72. The fourth-order valence-corrected chi connectivity index (χ4v) is 2.94. The second-order valence-electron chi connectivity index (χ2n) is 5.65. The van der Waals surface area contributed by atoms with Crippen LogP contribution in [0.1, 0.15) is 24.7 Å². The van der Waals surface area contributed by atoms with Crippen LogP contribution < -0.4 is 0 Å². The third-order valence-corrected chi connectivity index (χ3v) is 4.12. The maximum atomic E-state index is 5.88. The van der Waals surface area contributed by atoms with Crippen LogP contribution in [0.25, 0.3) is 11.1 Å². The van der Waals surface area contributed by atoms with Gasteiger partial charge in [-0.25, -0.2) is 4.98 Å². The van der Waals surface area contributed by atoms with Crippen molar-refractivity contribution in [2.45, 2.75) is 26.1 Å². The molecule has 3 aromatic rings. The lowest BCUT2D eigenvalue weighted by Crippen LogP contribution is -2.38. The zero-order valence-electron chi connectivity index (χ0n) is 13.1. The van der Waals surface area contributed by atoms with E-state index >= 15 is 0 Å². The minimum Gasteiger partial charge on any atom is -0.439 e. The van der Waals surface area contributed by atoms with E-state index in [1.807, 2.05) is 28.8 Å². The molecule has 120 valence electrons. The van der Waals surface area contributed by atoms with Crippen LogP contribution in [0.5, 0.6) is 0 Å². The first-order valence-corrected chi connectivity index (χ1v) is 7.89. The molecular formula is C16H19N5O2. The van der Waals surface area contributed by atoms with Crippen LogP contribution in [0.3, 0.4) is 0 Å². The molecule has 0 N–H and O–H groups in total. The zero-order chi connectivity index (χ0) is 15.6. The summed E-state index contributed by atoms with van der Waals surface area (Å²) in [6.07, 6.45) is 1.69. The number of morpholine rings is 1. The number of rotatable bonds is 4. The first kappa shape index (κ1) is 14.3. The van der Waals surface area contributed by atoms with Crippen molar-refractivity contribution in [3.8, 4) is 0 Å². The van der Waals surface area contributed by atoms with Crippen LogP contribution in [0.15, 0.2) is 35.0 Å². The van der Waals surface area contributed by atoms with Gasteiger partial charge in [-0.15, -0.1) is 10.2 Å². The van der Waals surface area contributed by atoms with Gasteiger partial charge in [-0.3, -0.25) is 4.90 Å². The standard InChI is InChI=1S/C16H19N5O2/c1-2-21-11-17-19-16(21)14-9-20(7-8-22-14)10-15-18-12-5-3-4-6-13(12)23-15/h3-6,11,14H,2,7-10H2,1H3/t14-/m0/s1. The molecule has 0 unspecified atom stereocenters. The molecule has 3 heterocycles. The Bertz CT molecular complexity index is 763. The van der Waals surface area contributed by atoms with Gasteiger partial charge in [-0.05, 0) is 19.1 Å². The lowest BCUT2D eigenvalue weighted by Gasteiger charge is -2.31. The number of benzene rings is 1. The van der Waals surface area contributed by atoms with Crippen molar-refractivity contribution in [1.29, 1.82) is 0 Å². The summed E-state index contributed by atoms with van der Waals surface area (Å²) in [5, 5.41) is 8.20. The Morgan fingerprint density at radius 3 is 3.09 bits per heavy atom. The maximum absolute atomic E-state index is 5.88. The quantitative estimate of drug-likeness (QED) is 0.734. The van der Waals surface area contributed by atoms with Crippen molar-refractivity contribution in [2.24, 2.45) is 0 Å². The first-order chi connectivity index (χ1) is 11.3. The number of para-hydroxylation sites is 2. The van der Waals surface area contributed by atoms with E-state index in [-0.39, 0.29) is 6.10 Å². The normalized spacial score (nSPS) is 19.4. The van der Waals surface area contributed by atoms with Gasteiger partial charge in [0.2, 0.25) is 5.89 Å². The Kier molecular flexibility index (Phi) is 3.80. The van der Waals surface area contributed by atoms with E-state index in [0.717, 1.165) is 42.4 Å². The van der Waals surface area contributed by atoms with Crippen molar-refractivity contribution < 1.29 is 9.15 Å². The fourth-order valence-electron chi connectivity index (χ4n) is 2.94. The van der Waals surface area contributed by atoms with Crippen LogP contribution >= 0.6 is 0 Å². The SMILES string of the molecule is CCn1cnnc1[C@@H]1CN(Cc2nc3ccccc3o2)CCO1. The summed E-state index contributed by atoms with van der Waals surface area (Å²) in [5.74, 6) is 1.62. The molecule has 0 radical (unpaired) electrons. The molecule has 4 rings (SSSR count). The largest absolute Gasteiger partial charge is 0.439 e. The highest BCUT2D eigenvalue weighted by atomic mass is 16.5. The van der Waals surface area contributed by atoms with Gasteiger partial charge in [-0.2, -0.15) is 0 Å². The van der Waals surface area contributed by atoms with Crippen molar-refractivity contribution in [2.75, 3.05) is 19.7 Å². The van der Waals surface area contributed by atoms with Crippen LogP contribution in [0.2, 0.25) is 0 Å². The van der Waals surface area contributed by atoms with Gasteiger partial charge >= 0.3 is 0 Å². The monoisotopic (exact) mass is 313 g/mol. The first-order valence-electron chi connectivity index (χ1n) is 7.89. The van der Waals surface area contributed by atoms with E-state index in [1.54, 1.807) is 6.33 Å². The number of aromatic nitrogens is 4. The Labute approximate surface area is 133 Å². The smallest absolute Gasteiger partial charge is 0.209 e. The lowest BCUT2D eigenvalue weighted by molar-refractivity contribution is -0.0408. The molecule has 0 saturated carbocycles. The summed E-state index contributed by atoms with van der Waals surface area (Å²) < 4.78 is 13.7.